The number of carbonyl (C=O) groups excluding carboxylic acids is 4. The summed E-state index contributed by atoms with van der Waals surface area (Å²) in [7, 11) is 0. The normalized spacial score (nSPS) is 24.7. The fourth-order valence-corrected chi connectivity index (χ4v) is 5.56. The number of likely N-dealkylation sites (tertiary alicyclic amines) is 1. The van der Waals surface area contributed by atoms with Gasteiger partial charge in [0.15, 0.2) is 0 Å². The zero-order chi connectivity index (χ0) is 23.6. The minimum atomic E-state index is -2.03. The highest BCUT2D eigenvalue weighted by atomic mass is 16.5. The maximum absolute atomic E-state index is 13.8. The summed E-state index contributed by atoms with van der Waals surface area (Å²) in [4.78, 5) is 56.0. The van der Waals surface area contributed by atoms with Gasteiger partial charge in [0.2, 0.25) is 29.0 Å². The van der Waals surface area contributed by atoms with Crippen molar-refractivity contribution in [2.45, 2.75) is 25.2 Å². The zero-order valence-corrected chi connectivity index (χ0v) is 18.4. The lowest BCUT2D eigenvalue weighted by Crippen LogP contribution is -2.50. The second-order valence-electron chi connectivity index (χ2n) is 9.14. The Hall–Kier alpha value is -3.90. The van der Waals surface area contributed by atoms with Crippen LogP contribution in [-0.2, 0) is 20.9 Å². The number of aryl methyl sites for hydroxylation is 1. The number of amides is 2. The van der Waals surface area contributed by atoms with Crippen molar-refractivity contribution in [2.75, 3.05) is 0 Å². The maximum atomic E-state index is 13.8. The van der Waals surface area contributed by atoms with Crippen LogP contribution in [0.2, 0.25) is 0 Å². The molecule has 0 saturated carbocycles. The number of hydrogen-bond donors (Lipinski definition) is 0. The van der Waals surface area contributed by atoms with E-state index in [0.717, 1.165) is 11.1 Å². The number of fused-ring (bicyclic) bond motifs is 3. The van der Waals surface area contributed by atoms with E-state index in [2.05, 4.69) is 0 Å². The van der Waals surface area contributed by atoms with Crippen molar-refractivity contribution in [3.05, 3.63) is 107 Å². The Bertz CT molecular complexity index is 1330. The molecule has 6 nitrogen and oxygen atoms in total. The van der Waals surface area contributed by atoms with Gasteiger partial charge in [0.25, 0.3) is 0 Å². The van der Waals surface area contributed by atoms with Gasteiger partial charge in [0, 0.05) is 11.1 Å². The van der Waals surface area contributed by atoms with E-state index >= 15 is 0 Å². The Labute approximate surface area is 196 Å². The van der Waals surface area contributed by atoms with Gasteiger partial charge in [0.05, 0.1) is 24.5 Å². The van der Waals surface area contributed by atoms with E-state index in [9.17, 15) is 19.2 Å². The number of carbonyl (C=O) groups is 4. The number of ketones is 2. The molecule has 0 unspecified atom stereocenters. The first-order valence-electron chi connectivity index (χ1n) is 11.3. The molecule has 34 heavy (non-hydrogen) atoms. The van der Waals surface area contributed by atoms with Gasteiger partial charge in [-0.3, -0.25) is 24.1 Å². The molecule has 1 spiro atoms. The molecule has 2 aliphatic heterocycles. The summed E-state index contributed by atoms with van der Waals surface area (Å²) in [5.41, 5.74) is 0.917. The van der Waals surface area contributed by atoms with E-state index in [0.29, 0.717) is 5.56 Å². The summed E-state index contributed by atoms with van der Waals surface area (Å²) in [6, 6.07) is 23.1. The van der Waals surface area contributed by atoms with Crippen LogP contribution in [0.1, 0.15) is 43.5 Å². The molecule has 0 bridgehead atoms. The van der Waals surface area contributed by atoms with Crippen LogP contribution in [-0.4, -0.2) is 33.9 Å². The molecule has 0 radical (unpaired) electrons. The SMILES string of the molecule is Cc1ccc([C@@H]2OC3(C(=O)c4ccccc4C3=O)[C@H]3C(=O)N(Cc4ccccc4)C(=O)[C@H]23)cc1. The molecule has 2 heterocycles. The highest BCUT2D eigenvalue weighted by Gasteiger charge is 2.74. The topological polar surface area (TPSA) is 80.8 Å². The Morgan fingerprint density at radius 1 is 0.765 bits per heavy atom. The molecule has 1 aliphatic carbocycles. The highest BCUT2D eigenvalue weighted by Crippen LogP contribution is 2.57. The van der Waals surface area contributed by atoms with Crippen LogP contribution in [0, 0.1) is 18.8 Å². The molecule has 2 saturated heterocycles. The molecule has 3 aliphatic rings. The lowest BCUT2D eigenvalue weighted by molar-refractivity contribution is -0.145. The molecule has 2 fully saturated rings. The van der Waals surface area contributed by atoms with Gasteiger partial charge >= 0.3 is 0 Å². The van der Waals surface area contributed by atoms with Crippen LogP contribution in [0.5, 0.6) is 0 Å². The average molecular weight is 451 g/mol. The first kappa shape index (κ1) is 20.7. The van der Waals surface area contributed by atoms with E-state index in [1.165, 1.54) is 4.90 Å². The van der Waals surface area contributed by atoms with Gasteiger partial charge in [-0.1, -0.05) is 84.4 Å². The second-order valence-corrected chi connectivity index (χ2v) is 9.14. The van der Waals surface area contributed by atoms with Crippen molar-refractivity contribution in [3.8, 4) is 0 Å². The smallest absolute Gasteiger partial charge is 0.237 e. The number of benzene rings is 3. The Morgan fingerprint density at radius 2 is 1.35 bits per heavy atom. The third kappa shape index (κ3) is 2.66. The number of nitrogens with zero attached hydrogens (tertiary/aromatic N) is 1. The Morgan fingerprint density at radius 3 is 1.97 bits per heavy atom. The third-order valence-electron chi connectivity index (χ3n) is 7.20. The molecular formula is C28H21NO5. The van der Waals surface area contributed by atoms with Crippen LogP contribution >= 0.6 is 0 Å². The molecule has 0 N–H and O–H groups in total. The van der Waals surface area contributed by atoms with Gasteiger partial charge in [-0.15, -0.1) is 0 Å². The van der Waals surface area contributed by atoms with E-state index < -0.39 is 46.9 Å². The van der Waals surface area contributed by atoms with Gasteiger partial charge in [-0.25, -0.2) is 0 Å². The average Bonchev–Trinajstić information content (AvgIpc) is 3.41. The highest BCUT2D eigenvalue weighted by molar-refractivity contribution is 6.35. The number of ether oxygens (including phenoxy) is 1. The largest absolute Gasteiger partial charge is 0.349 e. The van der Waals surface area contributed by atoms with Gasteiger partial charge < -0.3 is 4.74 Å². The first-order valence-corrected chi connectivity index (χ1v) is 11.3. The van der Waals surface area contributed by atoms with E-state index in [1.54, 1.807) is 24.3 Å². The van der Waals surface area contributed by atoms with Crippen molar-refractivity contribution in [1.29, 1.82) is 0 Å². The number of rotatable bonds is 3. The molecule has 168 valence electrons. The maximum Gasteiger partial charge on any atom is 0.237 e. The quantitative estimate of drug-likeness (QED) is 0.448. The lowest BCUT2D eigenvalue weighted by Gasteiger charge is -2.27. The summed E-state index contributed by atoms with van der Waals surface area (Å²) in [6.45, 7) is 2.02. The Balaban J connectivity index is 1.49. The van der Waals surface area contributed by atoms with Crippen LogP contribution in [0.3, 0.4) is 0 Å². The van der Waals surface area contributed by atoms with Crippen molar-refractivity contribution >= 4 is 23.4 Å². The number of imide groups is 1. The molecule has 3 aromatic carbocycles. The van der Waals surface area contributed by atoms with Crippen molar-refractivity contribution < 1.29 is 23.9 Å². The van der Waals surface area contributed by atoms with E-state index in [-0.39, 0.29) is 17.7 Å². The monoisotopic (exact) mass is 451 g/mol. The standard InChI is InChI=1S/C28H21NO5/c1-16-11-13-18(14-12-16)23-21-22(27(33)29(26(21)32)15-17-7-3-2-4-8-17)28(34-23)24(30)19-9-5-6-10-20(19)25(28)31/h2-14,21-23H,15H2,1H3/t21-,22+,23-/m0/s1. The summed E-state index contributed by atoms with van der Waals surface area (Å²) in [6.07, 6.45) is -0.884. The van der Waals surface area contributed by atoms with Gasteiger partial charge in [-0.2, -0.15) is 0 Å². The lowest BCUT2D eigenvalue weighted by atomic mass is 9.77. The zero-order valence-electron chi connectivity index (χ0n) is 18.4. The second kappa shape index (κ2) is 7.30. The molecule has 6 rings (SSSR count). The first-order chi connectivity index (χ1) is 16.4. The fourth-order valence-electron chi connectivity index (χ4n) is 5.56. The molecule has 3 aromatic rings. The van der Waals surface area contributed by atoms with Crippen molar-refractivity contribution in [3.63, 3.8) is 0 Å². The third-order valence-corrected chi connectivity index (χ3v) is 7.20. The van der Waals surface area contributed by atoms with E-state index in [4.69, 9.17) is 4.74 Å². The molecule has 0 aromatic heterocycles. The van der Waals surface area contributed by atoms with Crippen LogP contribution in [0.25, 0.3) is 0 Å². The summed E-state index contributed by atoms with van der Waals surface area (Å²) in [5, 5.41) is 0. The molecular weight excluding hydrogens is 430 g/mol. The summed E-state index contributed by atoms with van der Waals surface area (Å²) in [5.74, 6) is -4.20. The van der Waals surface area contributed by atoms with E-state index in [1.807, 2.05) is 61.5 Å². The van der Waals surface area contributed by atoms with Crippen LogP contribution < -0.4 is 0 Å². The van der Waals surface area contributed by atoms with Gasteiger partial charge in [-0.05, 0) is 18.1 Å². The number of hydrogen-bond acceptors (Lipinski definition) is 5. The number of Topliss-reactive ketones (excluding diaryl/α,β-unsaturated/α-hetero) is 2. The van der Waals surface area contributed by atoms with Gasteiger partial charge in [0.1, 0.15) is 0 Å². The predicted octanol–water partition coefficient (Wildman–Crippen LogP) is 3.69. The summed E-state index contributed by atoms with van der Waals surface area (Å²) >= 11 is 0. The van der Waals surface area contributed by atoms with Crippen LogP contribution in [0.15, 0.2) is 78.9 Å². The van der Waals surface area contributed by atoms with Crippen molar-refractivity contribution in [2.24, 2.45) is 11.8 Å². The predicted molar refractivity (Wildman–Crippen MR) is 122 cm³/mol. The molecule has 6 heteroatoms. The van der Waals surface area contributed by atoms with Crippen molar-refractivity contribution in [1.82, 2.24) is 4.90 Å². The minimum absolute atomic E-state index is 0.0809. The Kier molecular flexibility index (Phi) is 4.44. The fraction of sp³-hybridized carbons (Fsp3) is 0.214. The summed E-state index contributed by atoms with van der Waals surface area (Å²) < 4.78 is 6.28. The molecule has 2 amide bonds. The minimum Gasteiger partial charge on any atom is -0.349 e. The van der Waals surface area contributed by atoms with Crippen LogP contribution in [0.4, 0.5) is 0 Å². The molecule has 3 atom stereocenters.